The van der Waals surface area contributed by atoms with Crippen LogP contribution >= 0.6 is 11.3 Å². The minimum atomic E-state index is 0.864. The Hall–Kier alpha value is -8.44. The van der Waals surface area contributed by atoms with Crippen LogP contribution in [0.25, 0.3) is 85.9 Å². The van der Waals surface area contributed by atoms with Crippen LogP contribution in [0.15, 0.2) is 247 Å². The molecule has 13 rings (SSSR count). The van der Waals surface area contributed by atoms with Crippen molar-refractivity contribution in [2.75, 3.05) is 9.80 Å². The molecule has 3 nitrogen and oxygen atoms in total. The Balaban J connectivity index is 1.02. The first kappa shape index (κ1) is 38.1. The molecule has 4 heteroatoms. The van der Waals surface area contributed by atoms with Crippen molar-refractivity contribution in [3.63, 3.8) is 0 Å². The number of para-hydroxylation sites is 4. The van der Waals surface area contributed by atoms with E-state index in [4.69, 9.17) is 4.42 Å². The third-order valence-corrected chi connectivity index (χ3v) is 14.2. The van der Waals surface area contributed by atoms with Gasteiger partial charge in [-0.05, 0) is 94.0 Å². The first-order chi connectivity index (χ1) is 32.7. The van der Waals surface area contributed by atoms with E-state index in [9.17, 15) is 0 Å². The summed E-state index contributed by atoms with van der Waals surface area (Å²) in [5.74, 6) is 0. The van der Waals surface area contributed by atoms with E-state index < -0.39 is 0 Å². The normalized spacial score (nSPS) is 11.6. The second-order valence-corrected chi connectivity index (χ2v) is 17.9. The van der Waals surface area contributed by atoms with Gasteiger partial charge >= 0.3 is 0 Å². The molecule has 0 fully saturated rings. The molecule has 310 valence electrons. The lowest BCUT2D eigenvalue weighted by Gasteiger charge is -2.28. The second-order valence-electron chi connectivity index (χ2n) is 16.8. The molecule has 0 saturated heterocycles. The Morgan fingerprint density at radius 1 is 0.303 bits per heavy atom. The lowest BCUT2D eigenvalue weighted by Crippen LogP contribution is -2.11. The van der Waals surface area contributed by atoms with Crippen LogP contribution in [0.1, 0.15) is 0 Å². The van der Waals surface area contributed by atoms with Gasteiger partial charge in [-0.25, -0.2) is 0 Å². The van der Waals surface area contributed by atoms with Gasteiger partial charge in [-0.2, -0.15) is 0 Å². The van der Waals surface area contributed by atoms with Gasteiger partial charge in [0.2, 0.25) is 0 Å². The Morgan fingerprint density at radius 3 is 1.47 bits per heavy atom. The van der Waals surface area contributed by atoms with Crippen molar-refractivity contribution in [2.24, 2.45) is 0 Å². The van der Waals surface area contributed by atoms with E-state index in [1.165, 1.54) is 52.8 Å². The largest absolute Gasteiger partial charge is 0.456 e. The second kappa shape index (κ2) is 15.7. The van der Waals surface area contributed by atoms with Crippen LogP contribution < -0.4 is 9.80 Å². The van der Waals surface area contributed by atoms with Gasteiger partial charge in [0.15, 0.2) is 0 Å². The molecule has 13 aromatic rings. The number of benzene rings is 11. The Kier molecular flexibility index (Phi) is 9.03. The van der Waals surface area contributed by atoms with Crippen LogP contribution in [0.5, 0.6) is 0 Å². The van der Waals surface area contributed by atoms with Crippen LogP contribution in [0.4, 0.5) is 34.1 Å². The van der Waals surface area contributed by atoms with E-state index in [-0.39, 0.29) is 0 Å². The molecule has 0 aliphatic heterocycles. The Morgan fingerprint density at radius 2 is 0.788 bits per heavy atom. The zero-order chi connectivity index (χ0) is 43.6. The van der Waals surface area contributed by atoms with Gasteiger partial charge in [0, 0.05) is 76.3 Å². The summed E-state index contributed by atoms with van der Waals surface area (Å²) in [6, 6.07) is 87.5. The third kappa shape index (κ3) is 6.26. The summed E-state index contributed by atoms with van der Waals surface area (Å²) in [7, 11) is 0. The number of thiophene rings is 1. The maximum absolute atomic E-state index is 6.51. The molecule has 2 heterocycles. The molecule has 0 radical (unpaired) electrons. The lowest BCUT2D eigenvalue weighted by molar-refractivity contribution is 0.669. The highest BCUT2D eigenvalue weighted by atomic mass is 32.1. The number of furan rings is 1. The van der Waals surface area contributed by atoms with Crippen molar-refractivity contribution < 1.29 is 4.42 Å². The number of hydrogen-bond acceptors (Lipinski definition) is 4. The average molecular weight is 861 g/mol. The van der Waals surface area contributed by atoms with E-state index in [0.717, 1.165) is 67.2 Å². The van der Waals surface area contributed by atoms with Crippen molar-refractivity contribution in [3.8, 4) is 22.3 Å². The molecule has 0 aliphatic carbocycles. The van der Waals surface area contributed by atoms with Crippen LogP contribution in [0.2, 0.25) is 0 Å². The van der Waals surface area contributed by atoms with Crippen molar-refractivity contribution in [3.05, 3.63) is 243 Å². The maximum Gasteiger partial charge on any atom is 0.137 e. The molecular formula is C62H40N2OS. The summed E-state index contributed by atoms with van der Waals surface area (Å²) in [6.45, 7) is 0. The molecule has 0 aliphatic rings. The highest BCUT2D eigenvalue weighted by Crippen LogP contribution is 2.49. The van der Waals surface area contributed by atoms with E-state index in [0.29, 0.717) is 0 Å². The van der Waals surface area contributed by atoms with Crippen LogP contribution in [0.3, 0.4) is 0 Å². The highest BCUT2D eigenvalue weighted by molar-refractivity contribution is 7.27. The minimum absolute atomic E-state index is 0.864. The molecular weight excluding hydrogens is 821 g/mol. The molecule has 0 saturated carbocycles. The number of nitrogens with zero attached hydrogens (tertiary/aromatic N) is 2. The first-order valence-electron chi connectivity index (χ1n) is 22.4. The minimum Gasteiger partial charge on any atom is -0.456 e. The highest BCUT2D eigenvalue weighted by Gasteiger charge is 2.23. The predicted octanol–water partition coefficient (Wildman–Crippen LogP) is 18.5. The fourth-order valence-electron chi connectivity index (χ4n) is 10.1. The molecule has 11 aromatic carbocycles. The summed E-state index contributed by atoms with van der Waals surface area (Å²) >= 11 is 1.89. The van der Waals surface area contributed by atoms with Gasteiger partial charge in [-0.1, -0.05) is 170 Å². The van der Waals surface area contributed by atoms with Gasteiger partial charge < -0.3 is 14.2 Å². The lowest BCUT2D eigenvalue weighted by atomic mass is 9.96. The van der Waals surface area contributed by atoms with E-state index in [2.05, 4.69) is 240 Å². The average Bonchev–Trinajstić information content (AvgIpc) is 3.96. The molecule has 2 aromatic heterocycles. The SMILES string of the molecule is c1ccc(-c2ccccc2N(c2ccccc2)c2ccc3c(c2)sc2c4ccc(N(c5ccc6c(c5)oc5ccccc56)c5ccccc5-c5ccccc5)cc4c4ccccc4c32)cc1. The summed E-state index contributed by atoms with van der Waals surface area (Å²) in [6.07, 6.45) is 0. The van der Waals surface area contributed by atoms with Gasteiger partial charge in [0.05, 0.1) is 11.4 Å². The summed E-state index contributed by atoms with van der Waals surface area (Å²) < 4.78 is 9.05. The van der Waals surface area contributed by atoms with Gasteiger partial charge in [-0.15, -0.1) is 11.3 Å². The molecule has 0 N–H and O–H groups in total. The number of fused-ring (bicyclic) bond motifs is 11. The van der Waals surface area contributed by atoms with Gasteiger partial charge in [-0.3, -0.25) is 0 Å². The molecule has 0 unspecified atom stereocenters. The predicted molar refractivity (Wildman–Crippen MR) is 282 cm³/mol. The van der Waals surface area contributed by atoms with Crippen molar-refractivity contribution >= 4 is 109 Å². The van der Waals surface area contributed by atoms with Crippen molar-refractivity contribution in [1.82, 2.24) is 0 Å². The zero-order valence-electron chi connectivity index (χ0n) is 35.8. The van der Waals surface area contributed by atoms with E-state index in [1.807, 2.05) is 23.5 Å². The van der Waals surface area contributed by atoms with Crippen LogP contribution in [-0.4, -0.2) is 0 Å². The number of hydrogen-bond donors (Lipinski definition) is 0. The third-order valence-electron chi connectivity index (χ3n) is 13.0. The Labute approximate surface area is 386 Å². The molecule has 0 atom stereocenters. The standard InChI is InChI=1S/C62H40N2OS/c1-4-18-41(19-5-1)47-24-12-15-29-56(47)63(43-22-8-3-9-23-43)46-34-37-54-60(40-46)66-62-53-36-33-44(38-55(53)49-26-10-11-28-52(49)61(54)62)64(57-30-16-13-25-48(57)42-20-6-2-7-21-42)45-32-35-51-50-27-14-17-31-58(50)65-59(51)39-45/h1-40H. The smallest absolute Gasteiger partial charge is 0.137 e. The van der Waals surface area contributed by atoms with Crippen molar-refractivity contribution in [2.45, 2.75) is 0 Å². The van der Waals surface area contributed by atoms with Crippen LogP contribution in [-0.2, 0) is 0 Å². The summed E-state index contributed by atoms with van der Waals surface area (Å²) in [5, 5.41) is 9.75. The Bertz CT molecular complexity index is 3950. The number of anilines is 6. The summed E-state index contributed by atoms with van der Waals surface area (Å²) in [4.78, 5) is 4.80. The zero-order valence-corrected chi connectivity index (χ0v) is 36.6. The van der Waals surface area contributed by atoms with E-state index in [1.54, 1.807) is 0 Å². The summed E-state index contributed by atoms with van der Waals surface area (Å²) in [5.41, 5.74) is 13.0. The van der Waals surface area contributed by atoms with E-state index >= 15 is 0 Å². The maximum atomic E-state index is 6.51. The molecule has 0 amide bonds. The molecule has 0 spiro atoms. The molecule has 66 heavy (non-hydrogen) atoms. The monoisotopic (exact) mass is 860 g/mol. The quantitative estimate of drug-likeness (QED) is 0.142. The van der Waals surface area contributed by atoms with Crippen molar-refractivity contribution in [1.29, 1.82) is 0 Å². The number of rotatable bonds is 8. The topological polar surface area (TPSA) is 19.6 Å². The first-order valence-corrected chi connectivity index (χ1v) is 23.2. The molecule has 0 bridgehead atoms. The van der Waals surface area contributed by atoms with Gasteiger partial charge in [0.25, 0.3) is 0 Å². The fourth-order valence-corrected chi connectivity index (χ4v) is 11.3. The fraction of sp³-hybridized carbons (Fsp3) is 0. The van der Waals surface area contributed by atoms with Crippen LogP contribution in [0, 0.1) is 0 Å². The van der Waals surface area contributed by atoms with Gasteiger partial charge in [0.1, 0.15) is 11.2 Å².